The second kappa shape index (κ2) is 7.02. The minimum atomic E-state index is -0.115. The third kappa shape index (κ3) is 3.39. The fraction of sp³-hybridized carbons (Fsp3) is 0.381. The highest BCUT2D eigenvalue weighted by Gasteiger charge is 2.25. The Labute approximate surface area is 159 Å². The van der Waals surface area contributed by atoms with E-state index < -0.39 is 0 Å². The summed E-state index contributed by atoms with van der Waals surface area (Å²) in [5.41, 5.74) is 5.51. The second-order valence-corrected chi connectivity index (χ2v) is 7.31. The maximum atomic E-state index is 12.3. The Morgan fingerprint density at radius 3 is 2.52 bits per heavy atom. The molecule has 2 aromatic rings. The molecule has 1 aromatic carbocycles. The smallest absolute Gasteiger partial charge is 0.230 e. The lowest BCUT2D eigenvalue weighted by Gasteiger charge is -2.22. The van der Waals surface area contributed by atoms with E-state index in [0.717, 1.165) is 33.5 Å². The van der Waals surface area contributed by atoms with E-state index in [0.29, 0.717) is 17.3 Å². The molecule has 0 unspecified atom stereocenters. The zero-order valence-electron chi connectivity index (χ0n) is 16.6. The molecule has 0 saturated heterocycles. The molecule has 3 rings (SSSR count). The molecule has 0 bridgehead atoms. The number of rotatable bonds is 4. The summed E-state index contributed by atoms with van der Waals surface area (Å²) in [6.07, 6.45) is 1.87. The molecule has 2 N–H and O–H groups in total. The zero-order chi connectivity index (χ0) is 19.9. The van der Waals surface area contributed by atoms with Gasteiger partial charge < -0.3 is 15.4 Å². The Kier molecular flexibility index (Phi) is 4.91. The summed E-state index contributed by atoms with van der Waals surface area (Å²) in [5, 5.41) is 5.77. The van der Waals surface area contributed by atoms with Crippen molar-refractivity contribution in [2.24, 2.45) is 5.92 Å². The van der Waals surface area contributed by atoms with Crippen LogP contribution < -0.4 is 15.4 Å². The largest absolute Gasteiger partial charge is 0.456 e. The van der Waals surface area contributed by atoms with Crippen LogP contribution in [0.2, 0.25) is 0 Å². The van der Waals surface area contributed by atoms with Gasteiger partial charge in [0.1, 0.15) is 17.3 Å². The number of carbonyl (C=O) groups is 2. The summed E-state index contributed by atoms with van der Waals surface area (Å²) in [5.74, 6) is 1.61. The van der Waals surface area contributed by atoms with E-state index in [1.54, 1.807) is 12.3 Å². The summed E-state index contributed by atoms with van der Waals surface area (Å²) in [6.45, 7) is 11.7. The van der Waals surface area contributed by atoms with Gasteiger partial charge >= 0.3 is 0 Å². The van der Waals surface area contributed by atoms with E-state index >= 15 is 0 Å². The quantitative estimate of drug-likeness (QED) is 0.849. The minimum absolute atomic E-state index is 0.0324. The number of carbonyl (C=O) groups excluding carboxylic acids is 2. The summed E-state index contributed by atoms with van der Waals surface area (Å²) < 4.78 is 6.27. The van der Waals surface area contributed by atoms with Gasteiger partial charge in [0.15, 0.2) is 0 Å². The van der Waals surface area contributed by atoms with Crippen LogP contribution in [0.25, 0.3) is 0 Å². The number of nitrogens with zero attached hydrogens (tertiary/aromatic N) is 1. The van der Waals surface area contributed by atoms with Crippen molar-refractivity contribution in [3.05, 3.63) is 40.1 Å². The van der Waals surface area contributed by atoms with Crippen LogP contribution in [0.1, 0.15) is 41.7 Å². The first kappa shape index (κ1) is 18.9. The van der Waals surface area contributed by atoms with E-state index in [4.69, 9.17) is 4.74 Å². The van der Waals surface area contributed by atoms with Crippen molar-refractivity contribution in [1.29, 1.82) is 0 Å². The van der Waals surface area contributed by atoms with Crippen molar-refractivity contribution < 1.29 is 14.3 Å². The lowest BCUT2D eigenvalue weighted by atomic mass is 9.96. The number of anilines is 2. The standard InChI is InChI=1S/C21H25N3O3/c1-10(2)21(26)24-18-12(4)11(3)13(5)19(14(18)6)27-16-7-8-22-20-15(16)9-17(25)23-20/h7-8,10H,9H2,1-6H3,(H,24,26)(H,22,23,25). The molecule has 0 atom stereocenters. The molecule has 142 valence electrons. The van der Waals surface area contributed by atoms with Crippen molar-refractivity contribution in [2.45, 2.75) is 48.0 Å². The van der Waals surface area contributed by atoms with Gasteiger partial charge in [-0.05, 0) is 50.5 Å². The number of pyridine rings is 1. The lowest BCUT2D eigenvalue weighted by molar-refractivity contribution is -0.119. The molecule has 0 radical (unpaired) electrons. The number of amides is 2. The Hall–Kier alpha value is -2.89. The maximum absolute atomic E-state index is 12.3. The molecule has 0 aliphatic carbocycles. The van der Waals surface area contributed by atoms with Crippen molar-refractivity contribution in [2.75, 3.05) is 10.6 Å². The highest BCUT2D eigenvalue weighted by atomic mass is 16.5. The van der Waals surface area contributed by atoms with Gasteiger partial charge in [-0.25, -0.2) is 4.98 Å². The molecule has 2 amide bonds. The lowest BCUT2D eigenvalue weighted by Crippen LogP contribution is -2.20. The molecule has 0 spiro atoms. The minimum Gasteiger partial charge on any atom is -0.456 e. The Morgan fingerprint density at radius 2 is 1.85 bits per heavy atom. The van der Waals surface area contributed by atoms with Gasteiger partial charge in [-0.3, -0.25) is 9.59 Å². The van der Waals surface area contributed by atoms with E-state index in [1.807, 2.05) is 41.5 Å². The Morgan fingerprint density at radius 1 is 1.15 bits per heavy atom. The summed E-state index contributed by atoms with van der Waals surface area (Å²) >= 11 is 0. The van der Waals surface area contributed by atoms with Crippen LogP contribution in [-0.2, 0) is 16.0 Å². The molecular weight excluding hydrogens is 342 g/mol. The predicted octanol–water partition coefficient (Wildman–Crippen LogP) is 4.20. The first-order valence-electron chi connectivity index (χ1n) is 9.07. The van der Waals surface area contributed by atoms with Gasteiger partial charge in [-0.15, -0.1) is 0 Å². The Balaban J connectivity index is 2.07. The summed E-state index contributed by atoms with van der Waals surface area (Å²) in [4.78, 5) is 28.2. The second-order valence-electron chi connectivity index (χ2n) is 7.31. The first-order valence-corrected chi connectivity index (χ1v) is 9.07. The number of hydrogen-bond donors (Lipinski definition) is 2. The Bertz CT molecular complexity index is 948. The van der Waals surface area contributed by atoms with Crippen molar-refractivity contribution in [3.8, 4) is 11.5 Å². The third-order valence-corrected chi connectivity index (χ3v) is 5.15. The molecular formula is C21H25N3O3. The highest BCUT2D eigenvalue weighted by molar-refractivity contribution is 5.99. The number of benzene rings is 1. The van der Waals surface area contributed by atoms with Gasteiger partial charge in [0.2, 0.25) is 11.8 Å². The topological polar surface area (TPSA) is 80.3 Å². The number of aromatic nitrogens is 1. The van der Waals surface area contributed by atoms with Crippen LogP contribution in [0.3, 0.4) is 0 Å². The zero-order valence-corrected chi connectivity index (χ0v) is 16.6. The molecule has 27 heavy (non-hydrogen) atoms. The van der Waals surface area contributed by atoms with Crippen LogP contribution in [0.5, 0.6) is 11.5 Å². The van der Waals surface area contributed by atoms with Crippen molar-refractivity contribution in [3.63, 3.8) is 0 Å². The molecule has 0 fully saturated rings. The monoisotopic (exact) mass is 367 g/mol. The third-order valence-electron chi connectivity index (χ3n) is 5.15. The first-order chi connectivity index (χ1) is 12.7. The average molecular weight is 367 g/mol. The fourth-order valence-corrected chi connectivity index (χ4v) is 3.22. The van der Waals surface area contributed by atoms with Crippen LogP contribution in [0.4, 0.5) is 11.5 Å². The number of nitrogens with one attached hydrogen (secondary N) is 2. The molecule has 1 aliphatic heterocycles. The van der Waals surface area contributed by atoms with Gasteiger partial charge in [0.05, 0.1) is 12.1 Å². The predicted molar refractivity (Wildman–Crippen MR) is 106 cm³/mol. The summed E-state index contributed by atoms with van der Waals surface area (Å²) in [7, 11) is 0. The normalized spacial score (nSPS) is 12.8. The molecule has 2 heterocycles. The molecule has 6 heteroatoms. The van der Waals surface area contributed by atoms with E-state index in [9.17, 15) is 9.59 Å². The summed E-state index contributed by atoms with van der Waals surface area (Å²) in [6, 6.07) is 1.76. The van der Waals surface area contributed by atoms with E-state index in [-0.39, 0.29) is 24.2 Å². The van der Waals surface area contributed by atoms with E-state index in [1.165, 1.54) is 0 Å². The van der Waals surface area contributed by atoms with Crippen molar-refractivity contribution >= 4 is 23.3 Å². The average Bonchev–Trinajstić information content (AvgIpc) is 3.01. The van der Waals surface area contributed by atoms with Crippen LogP contribution in [0, 0.1) is 33.6 Å². The fourth-order valence-electron chi connectivity index (χ4n) is 3.22. The van der Waals surface area contributed by atoms with Gasteiger partial charge in [-0.2, -0.15) is 0 Å². The molecule has 1 aliphatic rings. The van der Waals surface area contributed by atoms with Gasteiger partial charge in [0, 0.05) is 23.2 Å². The molecule has 1 aromatic heterocycles. The van der Waals surface area contributed by atoms with Crippen LogP contribution >= 0.6 is 0 Å². The van der Waals surface area contributed by atoms with Crippen molar-refractivity contribution in [1.82, 2.24) is 4.98 Å². The maximum Gasteiger partial charge on any atom is 0.230 e. The SMILES string of the molecule is Cc1c(C)c(NC(=O)C(C)C)c(C)c(Oc2ccnc3c2CC(=O)N3)c1C. The number of ether oxygens (including phenoxy) is 1. The number of hydrogen-bond acceptors (Lipinski definition) is 4. The van der Waals surface area contributed by atoms with Gasteiger partial charge in [-0.1, -0.05) is 13.8 Å². The molecule has 0 saturated carbocycles. The van der Waals surface area contributed by atoms with Crippen LogP contribution in [-0.4, -0.2) is 16.8 Å². The highest BCUT2D eigenvalue weighted by Crippen LogP contribution is 2.41. The van der Waals surface area contributed by atoms with E-state index in [2.05, 4.69) is 15.6 Å². The number of fused-ring (bicyclic) bond motifs is 1. The van der Waals surface area contributed by atoms with Crippen LogP contribution in [0.15, 0.2) is 12.3 Å². The molecule has 6 nitrogen and oxygen atoms in total. The van der Waals surface area contributed by atoms with Gasteiger partial charge in [0.25, 0.3) is 0 Å².